The number of carbonyl (C=O) groups is 4. The number of amides is 4. The molecule has 0 aliphatic carbocycles. The number of piperidine rings is 1. The number of halogens is 4. The maximum atomic E-state index is 13.3. The second kappa shape index (κ2) is 20.1. The number of aromatic nitrogens is 4. The minimum absolute atomic E-state index is 0.129. The van der Waals surface area contributed by atoms with Crippen LogP contribution in [0.25, 0.3) is 28.2 Å². The molecule has 2 aliphatic heterocycles. The molecule has 344 valence electrons. The van der Waals surface area contributed by atoms with Crippen LogP contribution in [0.2, 0.25) is 5.02 Å². The quantitative estimate of drug-likeness (QED) is 0.0554. The van der Waals surface area contributed by atoms with E-state index in [4.69, 9.17) is 30.5 Å². The Labute approximate surface area is 379 Å². The molecule has 66 heavy (non-hydrogen) atoms. The molecule has 0 radical (unpaired) electrons. The van der Waals surface area contributed by atoms with Crippen LogP contribution in [0.3, 0.4) is 0 Å². The van der Waals surface area contributed by atoms with Crippen molar-refractivity contribution in [3.8, 4) is 34.6 Å². The van der Waals surface area contributed by atoms with Crippen LogP contribution in [-0.2, 0) is 49.4 Å². The van der Waals surface area contributed by atoms with E-state index in [1.54, 1.807) is 36.4 Å². The number of imide groups is 1. The number of aromatic hydroxyl groups is 1. The predicted octanol–water partition coefficient (Wildman–Crippen LogP) is 5.95. The van der Waals surface area contributed by atoms with Crippen LogP contribution < -0.4 is 20.1 Å². The normalized spacial score (nSPS) is 15.0. The summed E-state index contributed by atoms with van der Waals surface area (Å²) in [7, 11) is 0. The molecule has 4 amide bonds. The highest BCUT2D eigenvalue weighted by Gasteiger charge is 2.40. The summed E-state index contributed by atoms with van der Waals surface area (Å²) in [5.41, 5.74) is 3.43. The molecule has 0 saturated carbocycles. The van der Waals surface area contributed by atoms with Crippen molar-refractivity contribution in [2.75, 3.05) is 46.2 Å². The first-order valence-corrected chi connectivity index (χ1v) is 21.4. The van der Waals surface area contributed by atoms with Crippen molar-refractivity contribution in [3.63, 3.8) is 0 Å². The monoisotopic (exact) mass is 929 g/mol. The fraction of sp³-hybridized carbons (Fsp3) is 0.304. The van der Waals surface area contributed by atoms with Crippen LogP contribution in [0, 0.1) is 0 Å². The van der Waals surface area contributed by atoms with Gasteiger partial charge in [0.2, 0.25) is 23.6 Å². The summed E-state index contributed by atoms with van der Waals surface area (Å²) in [4.78, 5) is 58.4. The van der Waals surface area contributed by atoms with Gasteiger partial charge in [-0.05, 0) is 79.4 Å². The van der Waals surface area contributed by atoms with E-state index in [0.29, 0.717) is 81.6 Å². The first kappa shape index (κ1) is 45.6. The molecule has 4 aromatic carbocycles. The van der Waals surface area contributed by atoms with Gasteiger partial charge in [0, 0.05) is 40.2 Å². The average molecular weight is 930 g/mol. The summed E-state index contributed by atoms with van der Waals surface area (Å²) < 4.78 is 63.9. The molecule has 2 aliphatic rings. The van der Waals surface area contributed by atoms with Gasteiger partial charge in [-0.1, -0.05) is 41.9 Å². The third-order valence-corrected chi connectivity index (χ3v) is 11.2. The molecule has 1 atom stereocenters. The molecule has 1 saturated heterocycles. The fourth-order valence-electron chi connectivity index (χ4n) is 7.65. The van der Waals surface area contributed by atoms with Gasteiger partial charge in [-0.15, -0.1) is 0 Å². The minimum Gasteiger partial charge on any atom is -0.493 e. The molecule has 2 aromatic heterocycles. The van der Waals surface area contributed by atoms with Gasteiger partial charge >= 0.3 is 6.18 Å². The lowest BCUT2D eigenvalue weighted by atomic mass is 10.00. The molecular weight excluding hydrogens is 887 g/mol. The van der Waals surface area contributed by atoms with Gasteiger partial charge < -0.3 is 39.3 Å². The number of H-pyrrole nitrogens is 1. The van der Waals surface area contributed by atoms with Gasteiger partial charge in [0.15, 0.2) is 6.61 Å². The van der Waals surface area contributed by atoms with Gasteiger partial charge in [-0.2, -0.15) is 23.0 Å². The zero-order valence-corrected chi connectivity index (χ0v) is 35.9. The molecule has 8 rings (SSSR count). The Balaban J connectivity index is 0.736. The molecule has 20 heteroatoms. The average Bonchev–Trinajstić information content (AvgIpc) is 3.98. The number of carbonyl (C=O) groups excluding carboxylic acids is 4. The number of hydrogen-bond acceptors (Lipinski definition) is 11. The number of ether oxygens (including phenoxy) is 4. The van der Waals surface area contributed by atoms with Crippen molar-refractivity contribution >= 4 is 46.3 Å². The first-order valence-electron chi connectivity index (χ1n) is 21.0. The summed E-state index contributed by atoms with van der Waals surface area (Å²) in [5, 5.41) is 21.5. The third-order valence-electron chi connectivity index (χ3n) is 11.0. The number of benzene rings is 4. The van der Waals surface area contributed by atoms with Gasteiger partial charge in [-0.3, -0.25) is 24.5 Å². The predicted molar refractivity (Wildman–Crippen MR) is 232 cm³/mol. The second-order valence-electron chi connectivity index (χ2n) is 15.4. The van der Waals surface area contributed by atoms with Crippen LogP contribution in [0.15, 0.2) is 84.9 Å². The number of aryl methyl sites for hydroxylation is 1. The summed E-state index contributed by atoms with van der Waals surface area (Å²) in [6.07, 6.45) is -3.34. The number of hydrogen-bond donors (Lipinski definition) is 4. The van der Waals surface area contributed by atoms with Crippen LogP contribution in [0.5, 0.6) is 17.4 Å². The van der Waals surface area contributed by atoms with E-state index in [9.17, 15) is 37.5 Å². The number of alkyl halides is 3. The molecule has 0 spiro atoms. The Kier molecular flexibility index (Phi) is 13.9. The Morgan fingerprint density at radius 2 is 1.67 bits per heavy atom. The SMILES string of the molecule is O=C(COc1cccc2c1CN(C1CCC(=O)NC1=O)C2=O)NCCOCCOCCOc1ccc(CCc2c(-c3ccc(C(F)(F)F)cc3)nn(-c3nc4cc(Cl)ccc4[nH]3)c2O)cc1. The summed E-state index contributed by atoms with van der Waals surface area (Å²) >= 11 is 6.13. The molecule has 1 fully saturated rings. The number of nitrogens with one attached hydrogen (secondary N) is 3. The van der Waals surface area contributed by atoms with E-state index >= 15 is 0 Å². The van der Waals surface area contributed by atoms with E-state index in [-0.39, 0.29) is 81.9 Å². The van der Waals surface area contributed by atoms with Crippen LogP contribution >= 0.6 is 11.6 Å². The number of aromatic amines is 1. The molecule has 16 nitrogen and oxygen atoms in total. The first-order chi connectivity index (χ1) is 31.8. The largest absolute Gasteiger partial charge is 0.493 e. The number of imidazole rings is 1. The fourth-order valence-corrected chi connectivity index (χ4v) is 7.81. The number of nitrogens with zero attached hydrogens (tertiary/aromatic N) is 4. The molecule has 4 heterocycles. The maximum Gasteiger partial charge on any atom is 0.416 e. The Morgan fingerprint density at radius 1 is 0.909 bits per heavy atom. The highest BCUT2D eigenvalue weighted by atomic mass is 35.5. The van der Waals surface area contributed by atoms with Crippen LogP contribution in [0.4, 0.5) is 13.2 Å². The Hall–Kier alpha value is -6.96. The van der Waals surface area contributed by atoms with Gasteiger partial charge in [0.25, 0.3) is 11.8 Å². The summed E-state index contributed by atoms with van der Waals surface area (Å²) in [5.74, 6) is -0.598. The summed E-state index contributed by atoms with van der Waals surface area (Å²) in [6, 6.07) is 21.3. The zero-order valence-electron chi connectivity index (χ0n) is 35.2. The zero-order chi connectivity index (χ0) is 46.4. The van der Waals surface area contributed by atoms with Crippen molar-refractivity contribution in [2.45, 2.75) is 44.4 Å². The highest BCUT2D eigenvalue weighted by Crippen LogP contribution is 2.37. The lowest BCUT2D eigenvalue weighted by Gasteiger charge is -2.29. The van der Waals surface area contributed by atoms with Crippen molar-refractivity contribution in [1.82, 2.24) is 35.3 Å². The van der Waals surface area contributed by atoms with Crippen LogP contribution in [-0.4, -0.2) is 106 Å². The standard InChI is InChI=1S/C46H43ClF3N7O9/c47-30-11-15-35-36(24-30)53-45(52-35)57-44(62)33(41(55-57)28-7-9-29(10-8-28)46(48,49)50)14-6-27-4-12-31(13-5-27)65-23-22-64-21-20-63-19-18-51-40(59)26-66-38-3-1-2-32-34(38)25-56(43(32)61)37-16-17-39(58)54-42(37)60/h1-5,7-13,15,24,37,62H,6,14,16-23,25-26H2,(H,51,59)(H,52,53)(H,54,58,60). The van der Waals surface area contributed by atoms with Gasteiger partial charge in [-0.25, -0.2) is 4.98 Å². The summed E-state index contributed by atoms with van der Waals surface area (Å²) in [6.45, 7) is 1.48. The molecule has 0 bridgehead atoms. The maximum absolute atomic E-state index is 13.3. The molecule has 4 N–H and O–H groups in total. The van der Waals surface area contributed by atoms with E-state index in [0.717, 1.165) is 17.7 Å². The van der Waals surface area contributed by atoms with Gasteiger partial charge in [0.05, 0.1) is 49.6 Å². The van der Waals surface area contributed by atoms with Crippen LogP contribution in [0.1, 0.15) is 45.5 Å². The lowest BCUT2D eigenvalue weighted by molar-refractivity contribution is -0.138. The van der Waals surface area contributed by atoms with E-state index in [1.165, 1.54) is 21.7 Å². The van der Waals surface area contributed by atoms with E-state index < -0.39 is 23.7 Å². The molecular formula is C46H43ClF3N7O9. The number of fused-ring (bicyclic) bond motifs is 2. The smallest absolute Gasteiger partial charge is 0.416 e. The highest BCUT2D eigenvalue weighted by molar-refractivity contribution is 6.31. The van der Waals surface area contributed by atoms with Crippen molar-refractivity contribution in [3.05, 3.63) is 118 Å². The topological polar surface area (TPSA) is 199 Å². The van der Waals surface area contributed by atoms with E-state index in [2.05, 4.69) is 25.7 Å². The van der Waals surface area contributed by atoms with E-state index in [1.807, 2.05) is 24.3 Å². The van der Waals surface area contributed by atoms with Crippen molar-refractivity contribution in [1.29, 1.82) is 0 Å². The molecule has 1 unspecified atom stereocenters. The lowest BCUT2D eigenvalue weighted by Crippen LogP contribution is -2.52. The van der Waals surface area contributed by atoms with Crippen molar-refractivity contribution in [2.24, 2.45) is 0 Å². The Morgan fingerprint density at radius 3 is 2.42 bits per heavy atom. The Bertz CT molecular complexity index is 2740. The second-order valence-corrected chi connectivity index (χ2v) is 15.8. The molecule has 6 aromatic rings. The minimum atomic E-state index is -4.51. The number of rotatable bonds is 19. The third kappa shape index (κ3) is 10.6. The van der Waals surface area contributed by atoms with Gasteiger partial charge in [0.1, 0.15) is 29.8 Å². The van der Waals surface area contributed by atoms with Crippen molar-refractivity contribution < 1.29 is 56.4 Å².